The summed E-state index contributed by atoms with van der Waals surface area (Å²) >= 11 is 0. The van der Waals surface area contributed by atoms with Gasteiger partial charge >= 0.3 is 11.8 Å². The predicted molar refractivity (Wildman–Crippen MR) is 113 cm³/mol. The van der Waals surface area contributed by atoms with Gasteiger partial charge in [-0.15, -0.1) is 0 Å². The molecule has 0 saturated carbocycles. The number of rotatable bonds is 5. The Morgan fingerprint density at radius 2 is 1.79 bits per heavy atom. The lowest BCUT2D eigenvalue weighted by Crippen LogP contribution is -2.49. The molecule has 1 aromatic heterocycles. The average Bonchev–Trinajstić information content (AvgIpc) is 3.09. The highest BCUT2D eigenvalue weighted by molar-refractivity contribution is 5.74. The third-order valence-corrected chi connectivity index (χ3v) is 5.65. The Morgan fingerprint density at radius 1 is 1.10 bits per heavy atom. The lowest BCUT2D eigenvalue weighted by Gasteiger charge is -2.37. The SMILES string of the molecule is CN(c1ccccc1)C1CCN(C(=O)NCCn2c(=O)oc3ccccc32)CC1. The van der Waals surface area contributed by atoms with Crippen molar-refractivity contribution >= 4 is 22.8 Å². The van der Waals surface area contributed by atoms with E-state index in [1.165, 1.54) is 5.69 Å². The van der Waals surface area contributed by atoms with Gasteiger partial charge in [-0.2, -0.15) is 0 Å². The molecule has 2 heterocycles. The summed E-state index contributed by atoms with van der Waals surface area (Å²) in [6.45, 7) is 2.21. The summed E-state index contributed by atoms with van der Waals surface area (Å²) in [4.78, 5) is 28.7. The summed E-state index contributed by atoms with van der Waals surface area (Å²) < 4.78 is 6.78. The van der Waals surface area contributed by atoms with E-state index in [-0.39, 0.29) is 6.03 Å². The van der Waals surface area contributed by atoms with Crippen LogP contribution < -0.4 is 16.0 Å². The number of anilines is 1. The van der Waals surface area contributed by atoms with Crippen LogP contribution in [0.3, 0.4) is 0 Å². The van der Waals surface area contributed by atoms with Gasteiger partial charge in [0.2, 0.25) is 0 Å². The fraction of sp³-hybridized carbons (Fsp3) is 0.364. The largest absolute Gasteiger partial charge is 0.420 e. The van der Waals surface area contributed by atoms with Gasteiger partial charge in [0.25, 0.3) is 0 Å². The van der Waals surface area contributed by atoms with Crippen molar-refractivity contribution in [2.24, 2.45) is 0 Å². The number of para-hydroxylation sites is 3. The average molecular weight is 394 g/mol. The maximum Gasteiger partial charge on any atom is 0.420 e. The summed E-state index contributed by atoms with van der Waals surface area (Å²) in [6.07, 6.45) is 1.87. The Bertz CT molecular complexity index is 1020. The highest BCUT2D eigenvalue weighted by atomic mass is 16.4. The van der Waals surface area contributed by atoms with Crippen LogP contribution in [0.25, 0.3) is 11.1 Å². The van der Waals surface area contributed by atoms with Crippen molar-refractivity contribution in [1.29, 1.82) is 0 Å². The van der Waals surface area contributed by atoms with Gasteiger partial charge in [-0.3, -0.25) is 4.57 Å². The number of oxazole rings is 1. The number of hydrogen-bond acceptors (Lipinski definition) is 4. The first kappa shape index (κ1) is 19.1. The molecule has 1 fully saturated rings. The van der Waals surface area contributed by atoms with Gasteiger partial charge in [0.1, 0.15) is 0 Å². The van der Waals surface area contributed by atoms with Crippen molar-refractivity contribution in [2.75, 3.05) is 31.6 Å². The maximum atomic E-state index is 12.5. The number of urea groups is 1. The van der Waals surface area contributed by atoms with E-state index in [0.29, 0.717) is 24.7 Å². The predicted octanol–water partition coefficient (Wildman–Crippen LogP) is 2.90. The molecule has 2 aromatic carbocycles. The molecule has 4 rings (SSSR count). The van der Waals surface area contributed by atoms with E-state index >= 15 is 0 Å². The van der Waals surface area contributed by atoms with Gasteiger partial charge in [0.15, 0.2) is 5.58 Å². The van der Waals surface area contributed by atoms with Gasteiger partial charge in [0.05, 0.1) is 5.52 Å². The number of hydrogen-bond donors (Lipinski definition) is 1. The summed E-state index contributed by atoms with van der Waals surface area (Å²) in [5.41, 5.74) is 2.51. The lowest BCUT2D eigenvalue weighted by atomic mass is 10.0. The maximum absolute atomic E-state index is 12.5. The molecule has 1 aliphatic rings. The van der Waals surface area contributed by atoms with Crippen molar-refractivity contribution < 1.29 is 9.21 Å². The zero-order chi connectivity index (χ0) is 20.2. The van der Waals surface area contributed by atoms with Crippen molar-refractivity contribution in [3.63, 3.8) is 0 Å². The number of aromatic nitrogens is 1. The molecule has 0 spiro atoms. The molecular formula is C22H26N4O3. The second-order valence-electron chi connectivity index (χ2n) is 7.38. The summed E-state index contributed by atoms with van der Waals surface area (Å²) in [5, 5.41) is 2.93. The second-order valence-corrected chi connectivity index (χ2v) is 7.38. The minimum atomic E-state index is -0.398. The molecule has 0 aliphatic carbocycles. The highest BCUT2D eigenvalue weighted by Crippen LogP contribution is 2.21. The van der Waals surface area contributed by atoms with Crippen LogP contribution in [-0.4, -0.2) is 48.2 Å². The molecular weight excluding hydrogens is 368 g/mol. The molecule has 0 bridgehead atoms. The quantitative estimate of drug-likeness (QED) is 0.722. The van der Waals surface area contributed by atoms with Crippen LogP contribution in [0, 0.1) is 0 Å². The van der Waals surface area contributed by atoms with E-state index in [0.717, 1.165) is 31.4 Å². The number of likely N-dealkylation sites (tertiary alicyclic amines) is 1. The Balaban J connectivity index is 1.27. The lowest BCUT2D eigenvalue weighted by molar-refractivity contribution is 0.180. The van der Waals surface area contributed by atoms with Gasteiger partial charge in [-0.05, 0) is 37.1 Å². The molecule has 0 radical (unpaired) electrons. The van der Waals surface area contributed by atoms with Crippen molar-refractivity contribution in [3.05, 3.63) is 65.1 Å². The van der Waals surface area contributed by atoms with E-state index in [1.54, 1.807) is 10.6 Å². The molecule has 1 saturated heterocycles. The van der Waals surface area contributed by atoms with Gasteiger partial charge in [-0.1, -0.05) is 30.3 Å². The van der Waals surface area contributed by atoms with E-state index in [1.807, 2.05) is 41.3 Å². The zero-order valence-electron chi connectivity index (χ0n) is 16.6. The Labute approximate surface area is 169 Å². The molecule has 1 N–H and O–H groups in total. The molecule has 1 aliphatic heterocycles. The topological polar surface area (TPSA) is 70.7 Å². The minimum absolute atomic E-state index is 0.0772. The molecule has 0 atom stereocenters. The number of nitrogens with one attached hydrogen (secondary N) is 1. The minimum Gasteiger partial charge on any atom is -0.408 e. The molecule has 2 amide bonds. The normalized spacial score (nSPS) is 14.9. The van der Waals surface area contributed by atoms with Crippen LogP contribution in [0.1, 0.15) is 12.8 Å². The number of amides is 2. The van der Waals surface area contributed by atoms with E-state index < -0.39 is 5.76 Å². The molecule has 3 aromatic rings. The van der Waals surface area contributed by atoms with Crippen LogP contribution in [0.5, 0.6) is 0 Å². The van der Waals surface area contributed by atoms with E-state index in [2.05, 4.69) is 29.4 Å². The van der Waals surface area contributed by atoms with Crippen molar-refractivity contribution in [3.8, 4) is 0 Å². The van der Waals surface area contributed by atoms with Crippen molar-refractivity contribution in [1.82, 2.24) is 14.8 Å². The van der Waals surface area contributed by atoms with Gasteiger partial charge in [-0.25, -0.2) is 9.59 Å². The first-order valence-electron chi connectivity index (χ1n) is 10.0. The number of nitrogens with zero attached hydrogens (tertiary/aromatic N) is 3. The van der Waals surface area contributed by atoms with E-state index in [9.17, 15) is 9.59 Å². The molecule has 152 valence electrons. The summed E-state index contributed by atoms with van der Waals surface area (Å²) in [5.74, 6) is -0.398. The van der Waals surface area contributed by atoms with Crippen LogP contribution >= 0.6 is 0 Å². The Morgan fingerprint density at radius 3 is 2.55 bits per heavy atom. The van der Waals surface area contributed by atoms with Crippen LogP contribution in [0.4, 0.5) is 10.5 Å². The number of fused-ring (bicyclic) bond motifs is 1. The molecule has 7 nitrogen and oxygen atoms in total. The number of carbonyl (C=O) groups excluding carboxylic acids is 1. The van der Waals surface area contributed by atoms with Gasteiger partial charge in [0, 0.05) is 45.0 Å². The Hall–Kier alpha value is -3.22. The van der Waals surface area contributed by atoms with Crippen LogP contribution in [0.2, 0.25) is 0 Å². The first-order valence-corrected chi connectivity index (χ1v) is 10.0. The van der Waals surface area contributed by atoms with E-state index in [4.69, 9.17) is 4.42 Å². The smallest absolute Gasteiger partial charge is 0.408 e. The Kier molecular flexibility index (Phi) is 5.55. The fourth-order valence-electron chi connectivity index (χ4n) is 3.94. The fourth-order valence-corrected chi connectivity index (χ4v) is 3.94. The van der Waals surface area contributed by atoms with Gasteiger partial charge < -0.3 is 19.5 Å². The number of carbonyl (C=O) groups is 1. The van der Waals surface area contributed by atoms with Crippen LogP contribution in [0.15, 0.2) is 63.8 Å². The third kappa shape index (κ3) is 4.13. The molecule has 29 heavy (non-hydrogen) atoms. The third-order valence-electron chi connectivity index (χ3n) is 5.65. The standard InChI is InChI=1S/C22H26N4O3/c1-24(17-7-3-2-4-8-17)18-11-14-25(15-12-18)21(27)23-13-16-26-19-9-5-6-10-20(19)29-22(26)28/h2-10,18H,11-16H2,1H3,(H,23,27). The monoisotopic (exact) mass is 394 g/mol. The first-order chi connectivity index (χ1) is 14.1. The number of piperidine rings is 1. The number of benzene rings is 2. The van der Waals surface area contributed by atoms with Crippen molar-refractivity contribution in [2.45, 2.75) is 25.4 Å². The zero-order valence-corrected chi connectivity index (χ0v) is 16.6. The van der Waals surface area contributed by atoms with Crippen LogP contribution in [-0.2, 0) is 6.54 Å². The second kappa shape index (κ2) is 8.43. The summed E-state index contributed by atoms with van der Waals surface area (Å²) in [7, 11) is 2.11. The molecule has 0 unspecified atom stereocenters. The highest BCUT2D eigenvalue weighted by Gasteiger charge is 2.25. The summed E-state index contributed by atoms with van der Waals surface area (Å²) in [6, 6.07) is 18.0. The molecule has 7 heteroatoms.